The minimum Gasteiger partial charge on any atom is -0.394 e. The maximum absolute atomic E-state index is 15.0. The fraction of sp³-hybridized carbons (Fsp3) is 0.324. The van der Waals surface area contributed by atoms with Crippen LogP contribution in [0.3, 0.4) is 0 Å². The minimum absolute atomic E-state index is 0.111. The summed E-state index contributed by atoms with van der Waals surface area (Å²) in [6, 6.07) is 23.7. The molecule has 1 unspecified atom stereocenters. The number of aliphatic hydroxyl groups is 1. The van der Waals surface area contributed by atoms with Crippen LogP contribution >= 0.6 is 11.8 Å². The van der Waals surface area contributed by atoms with Gasteiger partial charge in [-0.2, -0.15) is 0 Å². The maximum Gasteiger partial charge on any atom is 0.251 e. The highest BCUT2D eigenvalue weighted by atomic mass is 32.2. The largest absolute Gasteiger partial charge is 0.394 e. The zero-order valence-corrected chi connectivity index (χ0v) is 26.3. The monoisotopic (exact) mass is 619 g/mol. The molecule has 0 aliphatic carbocycles. The topological polar surface area (TPSA) is 81.2 Å². The molecule has 0 radical (unpaired) electrons. The third kappa shape index (κ3) is 4.73. The quantitative estimate of drug-likeness (QED) is 0.405. The smallest absolute Gasteiger partial charge is 0.251 e. The summed E-state index contributed by atoms with van der Waals surface area (Å²) in [6.07, 6.45) is 8.49. The molecule has 0 aromatic heterocycles. The molecule has 8 heteroatoms. The van der Waals surface area contributed by atoms with Crippen LogP contribution in [0, 0.1) is 25.7 Å². The highest BCUT2D eigenvalue weighted by Crippen LogP contribution is 2.61. The lowest BCUT2D eigenvalue weighted by atomic mass is 9.78. The number of benzene rings is 3. The summed E-state index contributed by atoms with van der Waals surface area (Å²) in [4.78, 5) is 49.6. The van der Waals surface area contributed by atoms with Gasteiger partial charge in [-0.25, -0.2) is 0 Å². The first-order chi connectivity index (χ1) is 21.9. The average Bonchev–Trinajstić information content (AvgIpc) is 3.37. The molecule has 3 aromatic rings. The summed E-state index contributed by atoms with van der Waals surface area (Å²) in [7, 11) is 0. The molecule has 2 saturated heterocycles. The predicted molar refractivity (Wildman–Crippen MR) is 178 cm³/mol. The van der Waals surface area contributed by atoms with Crippen LogP contribution in [0.4, 0.5) is 11.4 Å². The molecule has 2 fully saturated rings. The van der Waals surface area contributed by atoms with Gasteiger partial charge in [-0.05, 0) is 49.1 Å². The van der Waals surface area contributed by atoms with E-state index in [1.807, 2.05) is 111 Å². The average molecular weight is 620 g/mol. The Morgan fingerprint density at radius 2 is 1.49 bits per heavy atom. The van der Waals surface area contributed by atoms with Crippen molar-refractivity contribution in [1.82, 2.24) is 4.90 Å². The third-order valence-electron chi connectivity index (χ3n) is 9.79. The van der Waals surface area contributed by atoms with Gasteiger partial charge < -0.3 is 19.8 Å². The number of hydrogen-bond donors (Lipinski definition) is 1. The van der Waals surface area contributed by atoms with E-state index in [1.165, 1.54) is 0 Å². The van der Waals surface area contributed by atoms with Gasteiger partial charge in [-0.1, -0.05) is 91.0 Å². The Morgan fingerprint density at radius 3 is 2.18 bits per heavy atom. The fourth-order valence-corrected chi connectivity index (χ4v) is 9.87. The highest BCUT2D eigenvalue weighted by molar-refractivity contribution is 8.02. The van der Waals surface area contributed by atoms with Gasteiger partial charge in [0.05, 0.1) is 29.2 Å². The Kier molecular flexibility index (Phi) is 7.66. The van der Waals surface area contributed by atoms with E-state index >= 15 is 4.79 Å². The molecule has 0 bridgehead atoms. The number of likely N-dealkylation sites (tertiary alicyclic amines) is 1. The summed E-state index contributed by atoms with van der Waals surface area (Å²) < 4.78 is -0.974. The number of amides is 3. The molecule has 4 heterocycles. The van der Waals surface area contributed by atoms with Crippen LogP contribution in [0.15, 0.2) is 103 Å². The molecule has 3 aromatic carbocycles. The number of anilines is 2. The van der Waals surface area contributed by atoms with Crippen LogP contribution in [-0.4, -0.2) is 69.5 Å². The Labute approximate surface area is 268 Å². The second-order valence-corrected chi connectivity index (χ2v) is 13.9. The lowest BCUT2D eigenvalue weighted by Crippen LogP contribution is -2.57. The molecular formula is C37H37N3O4S. The molecule has 3 amide bonds. The van der Waals surface area contributed by atoms with Crippen molar-refractivity contribution in [2.75, 3.05) is 29.5 Å². The van der Waals surface area contributed by atoms with Gasteiger partial charge in [0.1, 0.15) is 6.04 Å². The summed E-state index contributed by atoms with van der Waals surface area (Å²) in [5.41, 5.74) is 4.54. The molecule has 4 aliphatic rings. The molecule has 0 saturated carbocycles. The van der Waals surface area contributed by atoms with E-state index in [-0.39, 0.29) is 29.6 Å². The van der Waals surface area contributed by atoms with Crippen molar-refractivity contribution in [2.45, 2.75) is 42.3 Å². The molecule has 1 spiro atoms. The van der Waals surface area contributed by atoms with Gasteiger partial charge in [0.2, 0.25) is 11.8 Å². The summed E-state index contributed by atoms with van der Waals surface area (Å²) >= 11 is 1.56. The normalized spacial score (nSPS) is 28.1. The fourth-order valence-electron chi connectivity index (χ4n) is 7.88. The van der Waals surface area contributed by atoms with Crippen LogP contribution in [0.25, 0.3) is 0 Å². The summed E-state index contributed by atoms with van der Waals surface area (Å²) in [5.74, 6) is -1.95. The van der Waals surface area contributed by atoms with Crippen molar-refractivity contribution >= 4 is 40.9 Å². The number of carbonyl (C=O) groups is 3. The lowest BCUT2D eigenvalue weighted by Gasteiger charge is -2.39. The third-order valence-corrected chi connectivity index (χ3v) is 11.5. The molecule has 1 N–H and O–H groups in total. The van der Waals surface area contributed by atoms with E-state index in [0.717, 1.165) is 28.1 Å². The maximum atomic E-state index is 15.0. The number of hydrogen-bond acceptors (Lipinski definition) is 5. The lowest BCUT2D eigenvalue weighted by molar-refractivity contribution is -0.141. The minimum atomic E-state index is -0.974. The van der Waals surface area contributed by atoms with E-state index in [4.69, 9.17) is 0 Å². The first-order valence-electron chi connectivity index (χ1n) is 15.6. The number of rotatable bonds is 6. The van der Waals surface area contributed by atoms with Crippen molar-refractivity contribution in [1.29, 1.82) is 0 Å². The first-order valence-corrected chi connectivity index (χ1v) is 16.5. The zero-order valence-electron chi connectivity index (χ0n) is 25.5. The van der Waals surface area contributed by atoms with Crippen LogP contribution in [0.1, 0.15) is 16.7 Å². The molecular weight excluding hydrogens is 582 g/mol. The van der Waals surface area contributed by atoms with Gasteiger partial charge in [-0.3, -0.25) is 14.4 Å². The second-order valence-electron chi connectivity index (χ2n) is 12.4. The van der Waals surface area contributed by atoms with Gasteiger partial charge in [-0.15, -0.1) is 11.8 Å². The number of para-hydroxylation sites is 2. The van der Waals surface area contributed by atoms with E-state index < -0.39 is 28.7 Å². The zero-order chi connectivity index (χ0) is 31.3. The van der Waals surface area contributed by atoms with Crippen molar-refractivity contribution in [3.8, 4) is 0 Å². The first kappa shape index (κ1) is 29.6. The Balaban J connectivity index is 1.36. The van der Waals surface area contributed by atoms with Crippen molar-refractivity contribution < 1.29 is 19.5 Å². The van der Waals surface area contributed by atoms with Crippen molar-refractivity contribution in [3.05, 3.63) is 120 Å². The molecule has 4 aliphatic heterocycles. The Bertz CT molecular complexity index is 1670. The highest BCUT2D eigenvalue weighted by Gasteiger charge is 2.72. The second kappa shape index (κ2) is 11.7. The number of carbonyl (C=O) groups excluding carboxylic acids is 3. The Morgan fingerprint density at radius 1 is 0.822 bits per heavy atom. The van der Waals surface area contributed by atoms with E-state index in [0.29, 0.717) is 19.5 Å². The number of nitrogens with zero attached hydrogens (tertiary/aromatic N) is 3. The SMILES string of the molecule is Cc1cccc(C)c1N1CC=C[C@]23S[C@@H]4C=CCN(c5ccccc5)C(=O)[C@@H]4[C@H]2C(=O)N([C@@H](CO)Cc2ccccc2)C3C1=O. The molecule has 230 valence electrons. The molecule has 6 atom stereocenters. The predicted octanol–water partition coefficient (Wildman–Crippen LogP) is 4.71. The van der Waals surface area contributed by atoms with E-state index in [1.54, 1.807) is 26.5 Å². The van der Waals surface area contributed by atoms with E-state index in [9.17, 15) is 14.7 Å². The number of aliphatic hydroxyl groups excluding tert-OH is 1. The van der Waals surface area contributed by atoms with Crippen molar-refractivity contribution in [3.63, 3.8) is 0 Å². The van der Waals surface area contributed by atoms with Crippen LogP contribution in [0.2, 0.25) is 0 Å². The van der Waals surface area contributed by atoms with Crippen LogP contribution < -0.4 is 9.80 Å². The Hall–Kier alpha value is -4.14. The summed E-state index contributed by atoms with van der Waals surface area (Å²) in [6.45, 7) is 4.46. The standard InChI is InChI=1S/C37H37N3O4S/c1-24-12-9-13-25(2)32(24)39-21-11-19-37-31(30-29(45-37)18-10-20-38(34(30)42)27-16-7-4-8-17-27)35(43)40(33(37)36(39)44)28(23-41)22-26-14-5-3-6-15-26/h3-19,28-31,33,41H,20-23H2,1-2H3/t28-,29-,30+,31+,33?,37+/m1/s1. The molecule has 7 nitrogen and oxygen atoms in total. The van der Waals surface area contributed by atoms with Gasteiger partial charge in [0, 0.05) is 29.7 Å². The van der Waals surface area contributed by atoms with Gasteiger partial charge in [0.15, 0.2) is 0 Å². The van der Waals surface area contributed by atoms with Crippen LogP contribution in [0.5, 0.6) is 0 Å². The van der Waals surface area contributed by atoms with E-state index in [2.05, 4.69) is 6.08 Å². The summed E-state index contributed by atoms with van der Waals surface area (Å²) in [5, 5.41) is 10.6. The number of thioether (sulfide) groups is 1. The molecule has 45 heavy (non-hydrogen) atoms. The number of aryl methyl sites for hydroxylation is 2. The molecule has 7 rings (SSSR count). The number of fused-ring (bicyclic) bond motifs is 2. The van der Waals surface area contributed by atoms with Crippen molar-refractivity contribution in [2.24, 2.45) is 11.8 Å². The van der Waals surface area contributed by atoms with Gasteiger partial charge in [0.25, 0.3) is 5.91 Å². The van der Waals surface area contributed by atoms with Crippen LogP contribution in [-0.2, 0) is 20.8 Å². The van der Waals surface area contributed by atoms with Gasteiger partial charge >= 0.3 is 0 Å².